The monoisotopic (exact) mass is 475 g/mol. The Morgan fingerprint density at radius 1 is 1.21 bits per heavy atom. The SMILES string of the molecule is C[N+]1(Cc2cccc(CN3CC(=O)Nc4c(N)nc(OCCS(C)(=O)=O)nc43)c2)CCCC1. The van der Waals surface area contributed by atoms with Crippen LogP contribution in [0.3, 0.4) is 0 Å². The molecule has 1 saturated heterocycles. The van der Waals surface area contributed by atoms with Crippen LogP contribution in [0.4, 0.5) is 17.3 Å². The number of nitrogen functional groups attached to an aromatic ring is 1. The van der Waals surface area contributed by atoms with E-state index in [0.29, 0.717) is 18.1 Å². The van der Waals surface area contributed by atoms with E-state index in [1.54, 1.807) is 0 Å². The lowest BCUT2D eigenvalue weighted by atomic mass is 10.1. The third-order valence-corrected chi connectivity index (χ3v) is 6.96. The summed E-state index contributed by atoms with van der Waals surface area (Å²) in [7, 11) is -0.877. The molecule has 3 N–H and O–H groups in total. The fraction of sp³-hybridized carbons (Fsp3) is 0.500. The topological polar surface area (TPSA) is 128 Å². The van der Waals surface area contributed by atoms with Crippen molar-refractivity contribution in [2.24, 2.45) is 0 Å². The highest BCUT2D eigenvalue weighted by Crippen LogP contribution is 2.34. The first-order valence-corrected chi connectivity index (χ1v) is 13.1. The van der Waals surface area contributed by atoms with Crippen molar-refractivity contribution in [2.45, 2.75) is 25.9 Å². The van der Waals surface area contributed by atoms with Gasteiger partial charge < -0.3 is 25.2 Å². The number of hydrogen-bond donors (Lipinski definition) is 2. The van der Waals surface area contributed by atoms with Crippen LogP contribution in [0.2, 0.25) is 0 Å². The molecule has 2 aliphatic heterocycles. The molecule has 11 heteroatoms. The van der Waals surface area contributed by atoms with Crippen molar-refractivity contribution < 1.29 is 22.4 Å². The number of nitrogens with two attached hydrogens (primary N) is 1. The Bertz CT molecular complexity index is 1150. The largest absolute Gasteiger partial charge is 0.462 e. The van der Waals surface area contributed by atoms with Crippen molar-refractivity contribution in [1.29, 1.82) is 0 Å². The summed E-state index contributed by atoms with van der Waals surface area (Å²) in [6.45, 7) is 3.88. The summed E-state index contributed by atoms with van der Waals surface area (Å²) in [5, 5.41) is 2.73. The molecular formula is C22H31N6O4S+. The van der Waals surface area contributed by atoms with Crippen molar-refractivity contribution in [3.8, 4) is 6.01 Å². The van der Waals surface area contributed by atoms with Crippen LogP contribution in [0, 0.1) is 0 Å². The Morgan fingerprint density at radius 2 is 1.94 bits per heavy atom. The number of nitrogens with one attached hydrogen (secondary N) is 1. The van der Waals surface area contributed by atoms with Gasteiger partial charge in [-0.15, -0.1) is 0 Å². The molecule has 2 aliphatic rings. The van der Waals surface area contributed by atoms with Crippen molar-refractivity contribution in [1.82, 2.24) is 9.97 Å². The summed E-state index contributed by atoms with van der Waals surface area (Å²) in [4.78, 5) is 22.6. The van der Waals surface area contributed by atoms with Gasteiger partial charge >= 0.3 is 6.01 Å². The van der Waals surface area contributed by atoms with Crippen LogP contribution in [0.25, 0.3) is 0 Å². The molecule has 4 rings (SSSR count). The molecule has 1 aromatic carbocycles. The second-order valence-corrected chi connectivity index (χ2v) is 11.5. The number of fused-ring (bicyclic) bond motifs is 1. The Balaban J connectivity index is 1.54. The van der Waals surface area contributed by atoms with Crippen LogP contribution in [0.5, 0.6) is 6.01 Å². The number of carbonyl (C=O) groups excluding carboxylic acids is 1. The average molecular weight is 476 g/mol. The van der Waals surface area contributed by atoms with E-state index in [2.05, 4.69) is 34.5 Å². The van der Waals surface area contributed by atoms with Gasteiger partial charge in [-0.2, -0.15) is 9.97 Å². The van der Waals surface area contributed by atoms with Gasteiger partial charge in [-0.25, -0.2) is 8.42 Å². The molecule has 0 radical (unpaired) electrons. The predicted octanol–water partition coefficient (Wildman–Crippen LogP) is 1.18. The van der Waals surface area contributed by atoms with Gasteiger partial charge in [-0.05, 0) is 11.6 Å². The zero-order chi connectivity index (χ0) is 23.6. The molecule has 0 bridgehead atoms. The number of likely N-dealkylation sites (tertiary alicyclic amines) is 1. The number of benzene rings is 1. The van der Waals surface area contributed by atoms with E-state index < -0.39 is 9.84 Å². The van der Waals surface area contributed by atoms with E-state index in [1.807, 2.05) is 17.0 Å². The third kappa shape index (κ3) is 5.91. The lowest BCUT2D eigenvalue weighted by Crippen LogP contribution is -2.40. The van der Waals surface area contributed by atoms with Crippen LogP contribution in [-0.4, -0.2) is 74.1 Å². The zero-order valence-corrected chi connectivity index (χ0v) is 19.9. The maximum absolute atomic E-state index is 12.3. The quantitative estimate of drug-likeness (QED) is 0.545. The summed E-state index contributed by atoms with van der Waals surface area (Å²) < 4.78 is 29.2. The van der Waals surface area contributed by atoms with E-state index in [0.717, 1.165) is 22.8 Å². The first-order valence-electron chi connectivity index (χ1n) is 11.0. The smallest absolute Gasteiger partial charge is 0.320 e. The van der Waals surface area contributed by atoms with Crippen LogP contribution in [0.1, 0.15) is 24.0 Å². The van der Waals surface area contributed by atoms with Gasteiger partial charge in [0.15, 0.2) is 21.5 Å². The van der Waals surface area contributed by atoms with E-state index in [9.17, 15) is 13.2 Å². The molecule has 33 heavy (non-hydrogen) atoms. The highest BCUT2D eigenvalue weighted by atomic mass is 32.2. The first-order chi connectivity index (χ1) is 15.6. The molecule has 0 spiro atoms. The van der Waals surface area contributed by atoms with Gasteiger partial charge in [-0.1, -0.05) is 18.2 Å². The van der Waals surface area contributed by atoms with Crippen molar-refractivity contribution in [3.05, 3.63) is 35.4 Å². The number of ether oxygens (including phenoxy) is 1. The lowest BCUT2D eigenvalue weighted by molar-refractivity contribution is -0.910. The van der Waals surface area contributed by atoms with Gasteiger partial charge in [0.05, 0.1) is 32.4 Å². The number of carbonyl (C=O) groups is 1. The van der Waals surface area contributed by atoms with E-state index in [-0.39, 0.29) is 36.6 Å². The lowest BCUT2D eigenvalue weighted by Gasteiger charge is -2.31. The molecule has 0 aliphatic carbocycles. The van der Waals surface area contributed by atoms with Gasteiger partial charge in [0.25, 0.3) is 0 Å². The molecule has 10 nitrogen and oxygen atoms in total. The van der Waals surface area contributed by atoms with Crippen molar-refractivity contribution in [2.75, 3.05) is 61.2 Å². The average Bonchev–Trinajstić information content (AvgIpc) is 3.14. The Labute approximate surface area is 194 Å². The maximum Gasteiger partial charge on any atom is 0.320 e. The minimum Gasteiger partial charge on any atom is -0.462 e. The molecule has 1 aromatic heterocycles. The van der Waals surface area contributed by atoms with E-state index >= 15 is 0 Å². The molecule has 3 heterocycles. The van der Waals surface area contributed by atoms with Crippen LogP contribution >= 0.6 is 0 Å². The van der Waals surface area contributed by atoms with Crippen molar-refractivity contribution >= 4 is 33.1 Å². The van der Waals surface area contributed by atoms with Gasteiger partial charge in [0, 0.05) is 31.2 Å². The minimum absolute atomic E-state index is 0.0174. The van der Waals surface area contributed by atoms with Crippen LogP contribution in [-0.2, 0) is 27.7 Å². The number of rotatable bonds is 8. The summed E-state index contributed by atoms with van der Waals surface area (Å²) >= 11 is 0. The van der Waals surface area contributed by atoms with Gasteiger partial charge in [0.2, 0.25) is 5.91 Å². The number of anilines is 3. The Morgan fingerprint density at radius 3 is 2.67 bits per heavy atom. The molecule has 2 aromatic rings. The summed E-state index contributed by atoms with van der Waals surface area (Å²) in [5.74, 6) is 0.181. The molecule has 178 valence electrons. The first kappa shape index (κ1) is 23.2. The standard InChI is InChI=1S/C22H30N6O4S/c1-28(8-3-4-9-28)15-17-7-5-6-16(12-17)13-27-14-18(29)24-19-20(23)25-22(26-21(19)27)32-10-11-33(2,30)31/h5-7,12H,3-4,8-11,13-15H2,1-2H3,(H2-,23,24,25,26,29)/p+1. The summed E-state index contributed by atoms with van der Waals surface area (Å²) in [6.07, 6.45) is 3.67. The summed E-state index contributed by atoms with van der Waals surface area (Å²) in [6, 6.07) is 8.40. The molecule has 1 amide bonds. The van der Waals surface area contributed by atoms with E-state index in [1.165, 1.54) is 31.5 Å². The predicted molar refractivity (Wildman–Crippen MR) is 127 cm³/mol. The highest BCUT2D eigenvalue weighted by molar-refractivity contribution is 7.90. The molecule has 0 saturated carbocycles. The fourth-order valence-corrected chi connectivity index (χ4v) is 4.83. The minimum atomic E-state index is -3.18. The van der Waals surface area contributed by atoms with Gasteiger partial charge in [-0.3, -0.25) is 4.79 Å². The zero-order valence-electron chi connectivity index (χ0n) is 19.1. The van der Waals surface area contributed by atoms with Crippen LogP contribution in [0.15, 0.2) is 24.3 Å². The highest BCUT2D eigenvalue weighted by Gasteiger charge is 2.29. The van der Waals surface area contributed by atoms with Crippen molar-refractivity contribution in [3.63, 3.8) is 0 Å². The van der Waals surface area contributed by atoms with Crippen LogP contribution < -0.4 is 20.7 Å². The Kier molecular flexibility index (Phi) is 6.44. The molecule has 0 unspecified atom stereocenters. The normalized spacial score (nSPS) is 17.5. The number of hydrogen-bond acceptors (Lipinski definition) is 8. The molecule has 0 atom stereocenters. The fourth-order valence-electron chi connectivity index (χ4n) is 4.45. The maximum atomic E-state index is 12.3. The molecule has 1 fully saturated rings. The van der Waals surface area contributed by atoms with Gasteiger partial charge in [0.1, 0.15) is 18.8 Å². The number of sulfone groups is 1. The second-order valence-electron chi connectivity index (χ2n) is 9.22. The Hall–Kier alpha value is -2.92. The number of amides is 1. The second kappa shape index (κ2) is 9.14. The van der Waals surface area contributed by atoms with E-state index in [4.69, 9.17) is 10.5 Å². The number of quaternary nitrogens is 1. The summed E-state index contributed by atoms with van der Waals surface area (Å²) in [5.41, 5.74) is 8.73. The third-order valence-electron chi connectivity index (χ3n) is 6.06. The number of aromatic nitrogens is 2. The molecular weight excluding hydrogens is 444 g/mol. The number of nitrogens with zero attached hydrogens (tertiary/aromatic N) is 4.